The topological polar surface area (TPSA) is 96.2 Å². The lowest BCUT2D eigenvalue weighted by Gasteiger charge is -2.31. The van der Waals surface area contributed by atoms with Gasteiger partial charge in [0.25, 0.3) is 17.5 Å². The average molecular weight is 390 g/mol. The van der Waals surface area contributed by atoms with Crippen LogP contribution in [-0.2, 0) is 14.3 Å². The summed E-state index contributed by atoms with van der Waals surface area (Å²) in [5, 5.41) is 11.7. The van der Waals surface area contributed by atoms with Gasteiger partial charge in [-0.25, -0.2) is 0 Å². The molecule has 0 atom stereocenters. The average Bonchev–Trinajstić information content (AvgIpc) is 2.68. The molecule has 1 aromatic rings. The Hall–Kier alpha value is -2.85. The van der Waals surface area contributed by atoms with Crippen molar-refractivity contribution in [3.8, 4) is 0 Å². The van der Waals surface area contributed by atoms with Crippen LogP contribution in [0.3, 0.4) is 0 Å². The van der Waals surface area contributed by atoms with Crippen molar-refractivity contribution in [2.45, 2.75) is 0 Å². The van der Waals surface area contributed by atoms with Crippen LogP contribution in [0.1, 0.15) is 5.56 Å². The number of carbonyl (C=O) groups is 2. The molecular weight excluding hydrogens is 372 g/mol. The second-order valence-electron chi connectivity index (χ2n) is 6.17. The summed E-state index contributed by atoms with van der Waals surface area (Å²) in [6, 6.07) is 4.65. The van der Waals surface area contributed by atoms with E-state index in [9.17, 15) is 19.7 Å². The molecule has 2 aliphatic rings. The van der Waals surface area contributed by atoms with Gasteiger partial charge in [0.2, 0.25) is 0 Å². The number of likely N-dealkylation sites (N-methyl/N-ethyl adjacent to an activating group) is 2. The maximum atomic E-state index is 12.4. The predicted molar refractivity (Wildman–Crippen MR) is 102 cm³/mol. The smallest absolute Gasteiger partial charge is 0.293 e. The number of morpholine rings is 1. The molecule has 0 saturated carbocycles. The third-order valence-electron chi connectivity index (χ3n) is 4.50. The van der Waals surface area contributed by atoms with Crippen molar-refractivity contribution in [2.75, 3.05) is 45.3 Å². The van der Waals surface area contributed by atoms with Gasteiger partial charge >= 0.3 is 0 Å². The van der Waals surface area contributed by atoms with E-state index in [0.29, 0.717) is 37.6 Å². The van der Waals surface area contributed by atoms with E-state index >= 15 is 0 Å². The lowest BCUT2D eigenvalue weighted by molar-refractivity contribution is -0.384. The van der Waals surface area contributed by atoms with Gasteiger partial charge in [0.1, 0.15) is 11.3 Å². The highest BCUT2D eigenvalue weighted by Gasteiger charge is 2.35. The third kappa shape index (κ3) is 3.53. The van der Waals surface area contributed by atoms with Gasteiger partial charge in [-0.3, -0.25) is 29.5 Å². The Morgan fingerprint density at radius 1 is 1.15 bits per heavy atom. The number of nitro groups is 1. The van der Waals surface area contributed by atoms with Crippen LogP contribution in [-0.4, -0.2) is 72.0 Å². The van der Waals surface area contributed by atoms with E-state index in [1.165, 1.54) is 36.0 Å². The van der Waals surface area contributed by atoms with Crippen LogP contribution < -0.4 is 4.90 Å². The quantitative estimate of drug-likeness (QED) is 0.250. The summed E-state index contributed by atoms with van der Waals surface area (Å²) in [5.74, 6) is -1.08. The number of hydrogen-bond acceptors (Lipinski definition) is 7. The highest BCUT2D eigenvalue weighted by molar-refractivity contribution is 7.80. The molecule has 2 fully saturated rings. The Bertz CT molecular complexity index is 837. The first kappa shape index (κ1) is 18.9. The number of ether oxygens (including phenoxy) is 1. The number of benzene rings is 1. The minimum Gasteiger partial charge on any atom is -0.378 e. The summed E-state index contributed by atoms with van der Waals surface area (Å²) in [6.45, 7) is 2.13. The molecule has 2 amide bonds. The molecule has 0 aromatic heterocycles. The standard InChI is InChI=1S/C17H18N4O5S/c1-18-15(22)12(16(23)19(2)17(18)27)9-11-3-4-13(14(10-11)21(24)25)20-5-7-26-8-6-20/h3-4,9-10H,5-8H2,1-2H3. The van der Waals surface area contributed by atoms with Gasteiger partial charge in [-0.15, -0.1) is 0 Å². The number of rotatable bonds is 3. The van der Waals surface area contributed by atoms with Crippen molar-refractivity contribution < 1.29 is 19.2 Å². The fraction of sp³-hybridized carbons (Fsp3) is 0.353. The van der Waals surface area contributed by atoms with E-state index in [0.717, 1.165) is 0 Å². The van der Waals surface area contributed by atoms with Crippen molar-refractivity contribution >= 4 is 46.6 Å². The van der Waals surface area contributed by atoms with Crippen LogP contribution in [0.5, 0.6) is 0 Å². The number of thiocarbonyl (C=S) groups is 1. The van der Waals surface area contributed by atoms with Crippen LogP contribution >= 0.6 is 12.2 Å². The Labute approximate surface area is 160 Å². The molecule has 0 aliphatic carbocycles. The number of hydrogen-bond donors (Lipinski definition) is 0. The molecule has 10 heteroatoms. The molecule has 0 radical (unpaired) electrons. The second kappa shape index (κ2) is 7.41. The Balaban J connectivity index is 1.99. The van der Waals surface area contributed by atoms with Gasteiger partial charge in [-0.2, -0.15) is 0 Å². The van der Waals surface area contributed by atoms with Crippen LogP contribution in [0.25, 0.3) is 6.08 Å². The highest BCUT2D eigenvalue weighted by Crippen LogP contribution is 2.31. The lowest BCUT2D eigenvalue weighted by atomic mass is 10.1. The van der Waals surface area contributed by atoms with E-state index in [1.807, 2.05) is 4.90 Å². The SMILES string of the molecule is CN1C(=O)C(=Cc2ccc(N3CCOCC3)c([N+](=O)[O-])c2)C(=O)N(C)C1=S. The molecule has 3 rings (SSSR count). The maximum Gasteiger partial charge on any atom is 0.293 e. The highest BCUT2D eigenvalue weighted by atomic mass is 32.1. The van der Waals surface area contributed by atoms with Crippen LogP contribution in [0.2, 0.25) is 0 Å². The molecule has 9 nitrogen and oxygen atoms in total. The summed E-state index contributed by atoms with van der Waals surface area (Å²) in [4.78, 5) is 40.1. The number of anilines is 1. The van der Waals surface area contributed by atoms with Gasteiger partial charge < -0.3 is 9.64 Å². The molecule has 2 heterocycles. The van der Waals surface area contributed by atoms with Crippen LogP contribution in [0.15, 0.2) is 23.8 Å². The third-order valence-corrected chi connectivity index (χ3v) is 5.05. The maximum absolute atomic E-state index is 12.4. The molecule has 27 heavy (non-hydrogen) atoms. The largest absolute Gasteiger partial charge is 0.378 e. The van der Waals surface area contributed by atoms with Crippen molar-refractivity contribution in [1.82, 2.24) is 9.80 Å². The van der Waals surface area contributed by atoms with Crippen molar-refractivity contribution in [2.24, 2.45) is 0 Å². The molecule has 1 aromatic carbocycles. The normalized spacial score (nSPS) is 18.2. The summed E-state index contributed by atoms with van der Waals surface area (Å²) < 4.78 is 5.28. The van der Waals surface area contributed by atoms with E-state index in [4.69, 9.17) is 17.0 Å². The predicted octanol–water partition coefficient (Wildman–Crippen LogP) is 1.03. The molecule has 0 N–H and O–H groups in total. The number of amides is 2. The van der Waals surface area contributed by atoms with Gasteiger partial charge in [0.15, 0.2) is 5.11 Å². The van der Waals surface area contributed by atoms with Crippen LogP contribution in [0.4, 0.5) is 11.4 Å². The molecule has 0 bridgehead atoms. The zero-order valence-corrected chi connectivity index (χ0v) is 15.7. The van der Waals surface area contributed by atoms with E-state index < -0.39 is 16.7 Å². The first-order valence-corrected chi connectivity index (χ1v) is 8.65. The lowest BCUT2D eigenvalue weighted by Crippen LogP contribution is -2.52. The van der Waals surface area contributed by atoms with Crippen molar-refractivity contribution in [3.63, 3.8) is 0 Å². The number of carbonyl (C=O) groups excluding carboxylic acids is 2. The van der Waals surface area contributed by atoms with E-state index in [1.54, 1.807) is 12.1 Å². The molecule has 0 unspecified atom stereocenters. The number of nitrogens with zero attached hydrogens (tertiary/aromatic N) is 4. The van der Waals surface area contributed by atoms with E-state index in [-0.39, 0.29) is 16.4 Å². The fourth-order valence-electron chi connectivity index (χ4n) is 2.99. The summed E-state index contributed by atoms with van der Waals surface area (Å²) in [7, 11) is 2.96. The Kier molecular flexibility index (Phi) is 5.19. The summed E-state index contributed by atoms with van der Waals surface area (Å²) >= 11 is 5.05. The van der Waals surface area contributed by atoms with Crippen LogP contribution in [0, 0.1) is 10.1 Å². The Morgan fingerprint density at radius 3 is 2.30 bits per heavy atom. The van der Waals surface area contributed by atoms with Crippen molar-refractivity contribution in [1.29, 1.82) is 0 Å². The summed E-state index contributed by atoms with van der Waals surface area (Å²) in [5.41, 5.74) is 0.702. The van der Waals surface area contributed by atoms with Gasteiger partial charge in [0, 0.05) is 33.3 Å². The molecule has 142 valence electrons. The number of nitro benzene ring substituents is 1. The first-order chi connectivity index (χ1) is 12.8. The van der Waals surface area contributed by atoms with Crippen molar-refractivity contribution in [3.05, 3.63) is 39.4 Å². The molecule has 2 aliphatic heterocycles. The van der Waals surface area contributed by atoms with E-state index in [2.05, 4.69) is 0 Å². The zero-order chi connectivity index (χ0) is 19.7. The fourth-order valence-corrected chi connectivity index (χ4v) is 3.16. The summed E-state index contributed by atoms with van der Waals surface area (Å²) in [6.07, 6.45) is 1.36. The minimum absolute atomic E-state index is 0.0841. The van der Waals surface area contributed by atoms with Gasteiger partial charge in [0.05, 0.1) is 18.1 Å². The first-order valence-electron chi connectivity index (χ1n) is 8.24. The molecule has 2 saturated heterocycles. The molecular formula is C17H18N4O5S. The van der Waals surface area contributed by atoms with Gasteiger partial charge in [-0.05, 0) is 29.9 Å². The Morgan fingerprint density at radius 2 is 1.74 bits per heavy atom. The monoisotopic (exact) mass is 390 g/mol. The minimum atomic E-state index is -0.539. The second-order valence-corrected chi connectivity index (χ2v) is 6.54. The zero-order valence-electron chi connectivity index (χ0n) is 14.9. The van der Waals surface area contributed by atoms with Gasteiger partial charge in [-0.1, -0.05) is 6.07 Å². The molecule has 0 spiro atoms.